The van der Waals surface area contributed by atoms with Crippen molar-refractivity contribution in [1.82, 2.24) is 5.43 Å². The van der Waals surface area contributed by atoms with Gasteiger partial charge in [0.15, 0.2) is 11.5 Å². The summed E-state index contributed by atoms with van der Waals surface area (Å²) in [6, 6.07) is 18.5. The summed E-state index contributed by atoms with van der Waals surface area (Å²) in [7, 11) is 3.00. The van der Waals surface area contributed by atoms with Crippen molar-refractivity contribution >= 4 is 35.3 Å². The van der Waals surface area contributed by atoms with Crippen molar-refractivity contribution in [2.45, 2.75) is 0 Å². The first-order valence-electron chi connectivity index (χ1n) is 9.24. The molecule has 0 saturated carbocycles. The van der Waals surface area contributed by atoms with Gasteiger partial charge in [-0.15, -0.1) is 0 Å². The molecule has 31 heavy (non-hydrogen) atoms. The lowest BCUT2D eigenvalue weighted by molar-refractivity contribution is 0.0956. The molecule has 0 atom stereocenters. The zero-order chi connectivity index (χ0) is 22.2. The number of para-hydroxylation sites is 1. The highest BCUT2D eigenvalue weighted by Gasteiger charge is 2.15. The Balaban J connectivity index is 1.75. The van der Waals surface area contributed by atoms with Gasteiger partial charge >= 0.3 is 0 Å². The molecule has 2 amide bonds. The Morgan fingerprint density at radius 3 is 2.35 bits per heavy atom. The number of hydrogen-bond acceptors (Lipinski definition) is 5. The summed E-state index contributed by atoms with van der Waals surface area (Å²) in [4.78, 5) is 25.3. The minimum atomic E-state index is -0.480. The Hall–Kier alpha value is -3.84. The third-order valence-electron chi connectivity index (χ3n) is 4.34. The number of benzene rings is 3. The zero-order valence-electron chi connectivity index (χ0n) is 16.9. The van der Waals surface area contributed by atoms with Gasteiger partial charge in [0.2, 0.25) is 0 Å². The molecule has 0 aliphatic heterocycles. The van der Waals surface area contributed by atoms with Crippen LogP contribution in [0.2, 0.25) is 5.02 Å². The van der Waals surface area contributed by atoms with Gasteiger partial charge in [-0.3, -0.25) is 9.59 Å². The Labute approximate surface area is 184 Å². The van der Waals surface area contributed by atoms with Crippen LogP contribution in [0.1, 0.15) is 26.3 Å². The van der Waals surface area contributed by atoms with Gasteiger partial charge in [0.05, 0.1) is 31.7 Å². The van der Waals surface area contributed by atoms with Gasteiger partial charge in [-0.1, -0.05) is 41.9 Å². The number of amides is 2. The maximum atomic E-state index is 12.7. The first-order chi connectivity index (χ1) is 15.0. The maximum absolute atomic E-state index is 12.7. The molecular formula is C23H20ClN3O4. The van der Waals surface area contributed by atoms with Crippen LogP contribution in [0, 0.1) is 0 Å². The second-order valence-corrected chi connectivity index (χ2v) is 6.70. The quantitative estimate of drug-likeness (QED) is 0.424. The minimum absolute atomic E-state index is 0.257. The smallest absolute Gasteiger partial charge is 0.273 e. The van der Waals surface area contributed by atoms with Crippen molar-refractivity contribution in [3.8, 4) is 11.5 Å². The summed E-state index contributed by atoms with van der Waals surface area (Å²) in [5, 5.41) is 7.21. The molecule has 0 radical (unpaired) electrons. The number of carbonyl (C=O) groups is 2. The number of hydrogen-bond donors (Lipinski definition) is 2. The average molecular weight is 438 g/mol. The molecule has 0 bridgehead atoms. The topological polar surface area (TPSA) is 89.0 Å². The first-order valence-corrected chi connectivity index (χ1v) is 9.61. The lowest BCUT2D eigenvalue weighted by Crippen LogP contribution is -2.21. The fourth-order valence-corrected chi connectivity index (χ4v) is 2.95. The van der Waals surface area contributed by atoms with Crippen LogP contribution in [0.3, 0.4) is 0 Å². The highest BCUT2D eigenvalue weighted by atomic mass is 35.5. The van der Waals surface area contributed by atoms with Gasteiger partial charge < -0.3 is 14.8 Å². The number of nitrogens with one attached hydrogen (secondary N) is 2. The SMILES string of the molecule is COc1ccc(C(=O)Nc2ccccc2C(=O)N/N=C/c2ccccc2Cl)cc1OC. The molecule has 3 aromatic carbocycles. The molecule has 0 heterocycles. The fraction of sp³-hybridized carbons (Fsp3) is 0.0870. The maximum Gasteiger partial charge on any atom is 0.273 e. The van der Waals surface area contributed by atoms with Crippen molar-refractivity contribution in [2.24, 2.45) is 5.10 Å². The van der Waals surface area contributed by atoms with E-state index in [1.165, 1.54) is 20.4 Å². The van der Waals surface area contributed by atoms with E-state index in [-0.39, 0.29) is 5.56 Å². The molecule has 158 valence electrons. The van der Waals surface area contributed by atoms with Gasteiger partial charge in [0.1, 0.15) is 0 Å². The molecule has 0 unspecified atom stereocenters. The zero-order valence-corrected chi connectivity index (χ0v) is 17.6. The highest BCUT2D eigenvalue weighted by molar-refractivity contribution is 6.33. The van der Waals surface area contributed by atoms with Crippen LogP contribution in [-0.2, 0) is 0 Å². The van der Waals surface area contributed by atoms with Crippen molar-refractivity contribution in [1.29, 1.82) is 0 Å². The summed E-state index contributed by atoms with van der Waals surface area (Å²) in [6.07, 6.45) is 1.45. The molecule has 0 aromatic heterocycles. The van der Waals surface area contributed by atoms with E-state index >= 15 is 0 Å². The lowest BCUT2D eigenvalue weighted by Gasteiger charge is -2.12. The molecule has 2 N–H and O–H groups in total. The summed E-state index contributed by atoms with van der Waals surface area (Å²) < 4.78 is 10.4. The number of carbonyl (C=O) groups excluding carboxylic acids is 2. The number of rotatable bonds is 7. The van der Waals surface area contributed by atoms with Gasteiger partial charge in [0.25, 0.3) is 11.8 Å². The normalized spacial score (nSPS) is 10.5. The largest absolute Gasteiger partial charge is 0.493 e. The van der Waals surface area contributed by atoms with Crippen LogP contribution >= 0.6 is 11.6 Å². The molecule has 3 rings (SSSR count). The van der Waals surface area contributed by atoms with E-state index in [0.29, 0.717) is 33.3 Å². The molecule has 0 fully saturated rings. The molecule has 0 aliphatic carbocycles. The summed E-state index contributed by atoms with van der Waals surface area (Å²) in [6.45, 7) is 0. The van der Waals surface area contributed by atoms with E-state index in [1.54, 1.807) is 60.7 Å². The van der Waals surface area contributed by atoms with Crippen LogP contribution in [0.5, 0.6) is 11.5 Å². The molecule has 8 heteroatoms. The van der Waals surface area contributed by atoms with Crippen molar-refractivity contribution in [3.63, 3.8) is 0 Å². The minimum Gasteiger partial charge on any atom is -0.493 e. The third-order valence-corrected chi connectivity index (χ3v) is 4.68. The number of ether oxygens (including phenoxy) is 2. The molecule has 0 spiro atoms. The van der Waals surface area contributed by atoms with E-state index in [1.807, 2.05) is 6.07 Å². The second kappa shape index (κ2) is 10.3. The van der Waals surface area contributed by atoms with Crippen molar-refractivity contribution in [2.75, 3.05) is 19.5 Å². The number of hydrazone groups is 1. The predicted molar refractivity (Wildman–Crippen MR) is 120 cm³/mol. The Bertz CT molecular complexity index is 1130. The van der Waals surface area contributed by atoms with Gasteiger partial charge in [0, 0.05) is 16.1 Å². The Morgan fingerprint density at radius 1 is 0.903 bits per heavy atom. The van der Waals surface area contributed by atoms with E-state index in [0.717, 1.165) is 0 Å². The standard InChI is InChI=1S/C23H20ClN3O4/c1-30-20-12-11-15(13-21(20)31-2)22(28)26-19-10-6-4-8-17(19)23(29)27-25-14-16-7-3-5-9-18(16)24/h3-14H,1-2H3,(H,26,28)(H,27,29)/b25-14+. The fourth-order valence-electron chi connectivity index (χ4n) is 2.76. The molecular weight excluding hydrogens is 418 g/mol. The van der Waals surface area contributed by atoms with Gasteiger partial charge in [-0.25, -0.2) is 5.43 Å². The highest BCUT2D eigenvalue weighted by Crippen LogP contribution is 2.28. The number of halogens is 1. The van der Waals surface area contributed by atoms with Crippen molar-refractivity contribution < 1.29 is 19.1 Å². The van der Waals surface area contributed by atoms with Crippen LogP contribution in [0.25, 0.3) is 0 Å². The summed E-state index contributed by atoms with van der Waals surface area (Å²) >= 11 is 6.07. The monoisotopic (exact) mass is 437 g/mol. The van der Waals surface area contributed by atoms with E-state index < -0.39 is 11.8 Å². The summed E-state index contributed by atoms with van der Waals surface area (Å²) in [5.41, 5.74) is 4.06. The van der Waals surface area contributed by atoms with Crippen LogP contribution in [0.15, 0.2) is 71.8 Å². The van der Waals surface area contributed by atoms with Crippen LogP contribution < -0.4 is 20.2 Å². The molecule has 0 aliphatic rings. The van der Waals surface area contributed by atoms with E-state index in [9.17, 15) is 9.59 Å². The van der Waals surface area contributed by atoms with Gasteiger partial charge in [-0.2, -0.15) is 5.10 Å². The van der Waals surface area contributed by atoms with Crippen LogP contribution in [0.4, 0.5) is 5.69 Å². The predicted octanol–water partition coefficient (Wildman–Crippen LogP) is 4.37. The van der Waals surface area contributed by atoms with Crippen LogP contribution in [-0.4, -0.2) is 32.2 Å². The molecule has 3 aromatic rings. The Kier molecular flexibility index (Phi) is 7.24. The summed E-state index contributed by atoms with van der Waals surface area (Å²) in [5.74, 6) is 0.0533. The molecule has 7 nitrogen and oxygen atoms in total. The number of nitrogens with zero attached hydrogens (tertiary/aromatic N) is 1. The Morgan fingerprint density at radius 2 is 1.61 bits per heavy atom. The average Bonchev–Trinajstić information content (AvgIpc) is 2.80. The first kappa shape index (κ1) is 21.9. The number of anilines is 1. The van der Waals surface area contributed by atoms with E-state index in [2.05, 4.69) is 15.8 Å². The van der Waals surface area contributed by atoms with Crippen molar-refractivity contribution in [3.05, 3.63) is 88.4 Å². The number of methoxy groups -OCH3 is 2. The lowest BCUT2D eigenvalue weighted by atomic mass is 10.1. The van der Waals surface area contributed by atoms with Gasteiger partial charge in [-0.05, 0) is 36.4 Å². The second-order valence-electron chi connectivity index (χ2n) is 6.29. The third kappa shape index (κ3) is 5.40. The van der Waals surface area contributed by atoms with E-state index in [4.69, 9.17) is 21.1 Å². The molecule has 0 saturated heterocycles.